The van der Waals surface area contributed by atoms with Crippen LogP contribution in [0.15, 0.2) is 24.3 Å². The summed E-state index contributed by atoms with van der Waals surface area (Å²) in [5.74, 6) is -1.99. The zero-order valence-corrected chi connectivity index (χ0v) is 23.5. The Kier molecular flexibility index (Phi) is 8.37. The number of hydrogen-bond acceptors (Lipinski definition) is 6. The first-order chi connectivity index (χ1) is 18.2. The molecule has 0 aliphatic carbocycles. The Balaban J connectivity index is 1.64. The molecule has 9 heteroatoms. The van der Waals surface area contributed by atoms with E-state index in [1.807, 2.05) is 38.1 Å². The Morgan fingerprint density at radius 2 is 1.76 bits per heavy atom. The van der Waals surface area contributed by atoms with Crippen molar-refractivity contribution in [3.8, 4) is 0 Å². The molecule has 3 unspecified atom stereocenters. The molecule has 3 N–H and O–H groups in total. The van der Waals surface area contributed by atoms with E-state index in [0.29, 0.717) is 31.5 Å². The molecule has 2 bridgehead atoms. The molecule has 3 fully saturated rings. The lowest BCUT2D eigenvalue weighted by Gasteiger charge is -2.36. The van der Waals surface area contributed by atoms with Gasteiger partial charge in [0, 0.05) is 44.7 Å². The molecule has 0 radical (unpaired) electrons. The number of rotatable bonds is 12. The van der Waals surface area contributed by atoms with E-state index in [2.05, 4.69) is 29.4 Å². The molecule has 38 heavy (non-hydrogen) atoms. The average Bonchev–Trinajstić information content (AvgIpc) is 3.41. The largest absolute Gasteiger partial charge is 0.396 e. The van der Waals surface area contributed by atoms with Crippen LogP contribution in [0.4, 0.5) is 11.4 Å². The van der Waals surface area contributed by atoms with Crippen molar-refractivity contribution in [2.24, 2.45) is 17.8 Å². The van der Waals surface area contributed by atoms with Crippen molar-refractivity contribution in [3.05, 3.63) is 24.3 Å². The third-order valence-corrected chi connectivity index (χ3v) is 9.16. The minimum atomic E-state index is -1.04. The molecule has 1 spiro atoms. The molecule has 3 amide bonds. The van der Waals surface area contributed by atoms with Gasteiger partial charge in [-0.15, -0.1) is 0 Å². The normalized spacial score (nSPS) is 31.4. The quantitative estimate of drug-likeness (QED) is 0.360. The fourth-order valence-corrected chi connectivity index (χ4v) is 7.14. The lowest BCUT2D eigenvalue weighted by molar-refractivity contribution is -0.146. The lowest BCUT2D eigenvalue weighted by atomic mass is 9.62. The molecule has 4 rings (SSSR count). The Hall–Kier alpha value is -2.65. The number of carbonyl (C=O) groups is 3. The molecule has 1 aromatic carbocycles. The van der Waals surface area contributed by atoms with Gasteiger partial charge in [-0.3, -0.25) is 14.4 Å². The molecule has 3 aliphatic heterocycles. The van der Waals surface area contributed by atoms with Gasteiger partial charge in [-0.25, -0.2) is 0 Å². The number of unbranched alkanes of at least 4 members (excludes halogenated alkanes) is 3. The maximum Gasteiger partial charge on any atom is 0.250 e. The van der Waals surface area contributed by atoms with E-state index in [1.54, 1.807) is 11.9 Å². The minimum absolute atomic E-state index is 0.0157. The van der Waals surface area contributed by atoms with Crippen LogP contribution in [0, 0.1) is 17.8 Å². The van der Waals surface area contributed by atoms with Crippen LogP contribution in [0.25, 0.3) is 0 Å². The summed E-state index contributed by atoms with van der Waals surface area (Å²) in [6, 6.07) is 6.94. The number of ether oxygens (including phenoxy) is 1. The highest BCUT2D eigenvalue weighted by atomic mass is 16.5. The zero-order chi connectivity index (χ0) is 27.7. The number of anilines is 2. The number of aliphatic hydroxyl groups excluding tert-OH is 1. The molecule has 1 aromatic rings. The van der Waals surface area contributed by atoms with Crippen molar-refractivity contribution < 1.29 is 24.2 Å². The first-order valence-electron chi connectivity index (χ1n) is 14.2. The van der Waals surface area contributed by atoms with Crippen molar-refractivity contribution >= 4 is 29.1 Å². The van der Waals surface area contributed by atoms with Crippen LogP contribution < -0.4 is 15.5 Å². The number of benzene rings is 1. The van der Waals surface area contributed by atoms with Crippen LogP contribution >= 0.6 is 0 Å². The summed E-state index contributed by atoms with van der Waals surface area (Å²) in [4.78, 5) is 44.9. The Morgan fingerprint density at radius 3 is 2.37 bits per heavy atom. The van der Waals surface area contributed by atoms with Crippen LogP contribution in [0.2, 0.25) is 0 Å². The van der Waals surface area contributed by atoms with Gasteiger partial charge in [-0.05, 0) is 70.2 Å². The Labute approximate surface area is 226 Å². The van der Waals surface area contributed by atoms with Crippen LogP contribution in [0.5, 0.6) is 0 Å². The predicted molar refractivity (Wildman–Crippen MR) is 147 cm³/mol. The van der Waals surface area contributed by atoms with Crippen LogP contribution in [-0.4, -0.2) is 78.3 Å². The van der Waals surface area contributed by atoms with Crippen molar-refractivity contribution in [2.75, 3.05) is 43.5 Å². The number of aliphatic hydroxyl groups is 1. The topological polar surface area (TPSA) is 111 Å². The number of nitrogens with one attached hydrogen (secondary N) is 2. The second kappa shape index (κ2) is 11.2. The lowest BCUT2D eigenvalue weighted by Crippen LogP contribution is -2.54. The summed E-state index contributed by atoms with van der Waals surface area (Å²) < 4.78 is 6.69. The standard InChI is InChI=1S/C29H44N4O5/c1-6-32(7-2)21-14-12-20(13-15-21)31-26(36)24-29-18-19(3)28(4,38-29)22(25(35)30-5)23(29)27(37)33(24)16-10-8-9-11-17-34/h12-15,19,22-24,34H,6-11,16-18H2,1-5H3,(H,30,35)(H,31,36)/t19?,22-,23-,24?,28+,29?/m0/s1. The molecular weight excluding hydrogens is 484 g/mol. The monoisotopic (exact) mass is 528 g/mol. The molecule has 0 saturated carbocycles. The van der Waals surface area contributed by atoms with Crippen molar-refractivity contribution in [3.63, 3.8) is 0 Å². The summed E-state index contributed by atoms with van der Waals surface area (Å²) in [7, 11) is 1.58. The highest BCUT2D eigenvalue weighted by Crippen LogP contribution is 2.65. The first-order valence-corrected chi connectivity index (χ1v) is 14.2. The fourth-order valence-electron chi connectivity index (χ4n) is 7.14. The maximum atomic E-state index is 14.0. The van der Waals surface area contributed by atoms with Crippen molar-refractivity contribution in [1.82, 2.24) is 10.2 Å². The molecule has 9 nitrogen and oxygen atoms in total. The second-order valence-electron chi connectivity index (χ2n) is 11.2. The SMILES string of the molecule is CCN(CC)c1ccc(NC(=O)C2N(CCCCCCO)C(=O)[C@@H]3[C@@H](C(=O)NC)[C@]4(C)OC23CC4C)cc1. The molecule has 210 valence electrons. The summed E-state index contributed by atoms with van der Waals surface area (Å²) in [6.07, 6.45) is 3.68. The Bertz CT molecular complexity index is 1030. The van der Waals surface area contributed by atoms with E-state index in [-0.39, 0.29) is 30.2 Å². The summed E-state index contributed by atoms with van der Waals surface area (Å²) in [5, 5.41) is 14.9. The zero-order valence-electron chi connectivity index (χ0n) is 23.5. The number of hydrogen-bond donors (Lipinski definition) is 3. The highest BCUT2D eigenvalue weighted by Gasteiger charge is 2.79. The first kappa shape index (κ1) is 28.4. The van der Waals surface area contributed by atoms with Gasteiger partial charge < -0.3 is 30.3 Å². The summed E-state index contributed by atoms with van der Waals surface area (Å²) in [6.45, 7) is 10.5. The average molecular weight is 529 g/mol. The molecule has 3 saturated heterocycles. The fraction of sp³-hybridized carbons (Fsp3) is 0.690. The third-order valence-electron chi connectivity index (χ3n) is 9.16. The number of fused-ring (bicyclic) bond motifs is 1. The van der Waals surface area contributed by atoms with E-state index in [0.717, 1.165) is 31.6 Å². The number of nitrogens with zero attached hydrogens (tertiary/aromatic N) is 2. The van der Waals surface area contributed by atoms with Gasteiger partial charge in [0.1, 0.15) is 11.6 Å². The van der Waals surface area contributed by atoms with Gasteiger partial charge in [-0.1, -0.05) is 19.8 Å². The summed E-state index contributed by atoms with van der Waals surface area (Å²) >= 11 is 0. The van der Waals surface area contributed by atoms with Crippen LogP contribution in [0.3, 0.4) is 0 Å². The van der Waals surface area contributed by atoms with Crippen LogP contribution in [-0.2, 0) is 19.1 Å². The van der Waals surface area contributed by atoms with Gasteiger partial charge in [0.25, 0.3) is 0 Å². The molecule has 3 heterocycles. The number of likely N-dealkylation sites (tertiary alicyclic amines) is 1. The van der Waals surface area contributed by atoms with E-state index < -0.39 is 29.1 Å². The molecule has 3 aliphatic rings. The minimum Gasteiger partial charge on any atom is -0.396 e. The van der Waals surface area contributed by atoms with E-state index in [1.165, 1.54) is 0 Å². The number of amides is 3. The van der Waals surface area contributed by atoms with Crippen LogP contribution in [0.1, 0.15) is 59.8 Å². The van der Waals surface area contributed by atoms with E-state index in [9.17, 15) is 14.4 Å². The van der Waals surface area contributed by atoms with E-state index >= 15 is 0 Å². The predicted octanol–water partition coefficient (Wildman–Crippen LogP) is 2.78. The molecule has 0 aromatic heterocycles. The molecular formula is C29H44N4O5. The van der Waals surface area contributed by atoms with Gasteiger partial charge in [0.05, 0.1) is 17.4 Å². The van der Waals surface area contributed by atoms with Gasteiger partial charge in [0.2, 0.25) is 17.7 Å². The third kappa shape index (κ3) is 4.57. The highest BCUT2D eigenvalue weighted by molar-refractivity contribution is 6.03. The number of carbonyl (C=O) groups excluding carboxylic acids is 3. The van der Waals surface area contributed by atoms with Gasteiger partial charge in [0.15, 0.2) is 0 Å². The second-order valence-corrected chi connectivity index (χ2v) is 11.2. The molecule has 6 atom stereocenters. The van der Waals surface area contributed by atoms with Crippen molar-refractivity contribution in [2.45, 2.75) is 77.0 Å². The van der Waals surface area contributed by atoms with Crippen molar-refractivity contribution in [1.29, 1.82) is 0 Å². The maximum absolute atomic E-state index is 14.0. The Morgan fingerprint density at radius 1 is 1.11 bits per heavy atom. The summed E-state index contributed by atoms with van der Waals surface area (Å²) in [5.41, 5.74) is -0.105. The van der Waals surface area contributed by atoms with E-state index in [4.69, 9.17) is 9.84 Å². The van der Waals surface area contributed by atoms with Gasteiger partial charge in [-0.2, -0.15) is 0 Å². The van der Waals surface area contributed by atoms with Gasteiger partial charge >= 0.3 is 0 Å². The smallest absolute Gasteiger partial charge is 0.250 e.